The molecular formula is C21H24N2O3. The number of ether oxygens (including phenoxy) is 2. The van der Waals surface area contributed by atoms with Gasteiger partial charge in [0, 0.05) is 30.2 Å². The Bertz CT molecular complexity index is 901. The zero-order valence-corrected chi connectivity index (χ0v) is 15.4. The largest absolute Gasteiger partial charge is 0.497 e. The molecule has 1 heterocycles. The Hall–Kier alpha value is -2.95. The molecular weight excluding hydrogens is 328 g/mol. The van der Waals surface area contributed by atoms with Gasteiger partial charge in [0.2, 0.25) is 5.91 Å². The summed E-state index contributed by atoms with van der Waals surface area (Å²) in [5, 5.41) is 4.23. The Balaban J connectivity index is 1.64. The van der Waals surface area contributed by atoms with Crippen LogP contribution in [0.4, 0.5) is 0 Å². The fourth-order valence-electron chi connectivity index (χ4n) is 3.13. The van der Waals surface area contributed by atoms with Gasteiger partial charge in [0.1, 0.15) is 11.5 Å². The number of hydrogen-bond donors (Lipinski definition) is 1. The van der Waals surface area contributed by atoms with Gasteiger partial charge in [-0.15, -0.1) is 0 Å². The van der Waals surface area contributed by atoms with Gasteiger partial charge >= 0.3 is 0 Å². The molecule has 1 amide bonds. The van der Waals surface area contributed by atoms with Crippen molar-refractivity contribution < 1.29 is 14.3 Å². The van der Waals surface area contributed by atoms with Gasteiger partial charge in [0.25, 0.3) is 0 Å². The van der Waals surface area contributed by atoms with Crippen LogP contribution in [0.2, 0.25) is 0 Å². The predicted octanol–water partition coefficient (Wildman–Crippen LogP) is 3.93. The zero-order valence-electron chi connectivity index (χ0n) is 15.4. The molecule has 0 spiro atoms. The van der Waals surface area contributed by atoms with Crippen LogP contribution in [0.25, 0.3) is 10.9 Å². The number of para-hydroxylation sites is 1. The Morgan fingerprint density at radius 3 is 2.69 bits per heavy atom. The van der Waals surface area contributed by atoms with Crippen molar-refractivity contribution in [2.75, 3.05) is 14.2 Å². The average molecular weight is 352 g/mol. The first-order valence-electron chi connectivity index (χ1n) is 8.67. The molecule has 1 atom stereocenters. The number of aryl methyl sites for hydroxylation is 1. The molecule has 26 heavy (non-hydrogen) atoms. The van der Waals surface area contributed by atoms with Crippen molar-refractivity contribution in [3.63, 3.8) is 0 Å². The standard InChI is InChI=1S/C21H24N2O3/c1-15(18-14-17(25-2)8-9-20(18)26-3)22-21(24)11-13-23-12-10-16-6-4-5-7-19(16)23/h4-10,12,14-15H,11,13H2,1-3H3,(H,22,24). The Morgan fingerprint density at radius 2 is 1.92 bits per heavy atom. The van der Waals surface area contributed by atoms with E-state index < -0.39 is 0 Å². The highest BCUT2D eigenvalue weighted by molar-refractivity contribution is 5.80. The van der Waals surface area contributed by atoms with E-state index in [1.807, 2.05) is 43.5 Å². The molecule has 0 fully saturated rings. The minimum Gasteiger partial charge on any atom is -0.497 e. The lowest BCUT2D eigenvalue weighted by Crippen LogP contribution is -2.27. The van der Waals surface area contributed by atoms with Crippen molar-refractivity contribution in [2.45, 2.75) is 25.9 Å². The van der Waals surface area contributed by atoms with Crippen molar-refractivity contribution in [3.05, 3.63) is 60.3 Å². The van der Waals surface area contributed by atoms with Crippen LogP contribution in [0.1, 0.15) is 24.9 Å². The minimum atomic E-state index is -0.172. The maximum atomic E-state index is 12.4. The first-order valence-corrected chi connectivity index (χ1v) is 8.67. The average Bonchev–Trinajstić information content (AvgIpc) is 3.09. The highest BCUT2D eigenvalue weighted by Gasteiger charge is 2.15. The van der Waals surface area contributed by atoms with Crippen LogP contribution in [0, 0.1) is 0 Å². The molecule has 3 aromatic rings. The second kappa shape index (κ2) is 7.95. The van der Waals surface area contributed by atoms with Crippen molar-refractivity contribution in [3.8, 4) is 11.5 Å². The molecule has 2 aromatic carbocycles. The molecule has 1 unspecified atom stereocenters. The molecule has 1 aromatic heterocycles. The fraction of sp³-hybridized carbons (Fsp3) is 0.286. The first-order chi connectivity index (χ1) is 12.6. The van der Waals surface area contributed by atoms with Gasteiger partial charge in [-0.25, -0.2) is 0 Å². The number of methoxy groups -OCH3 is 2. The second-order valence-electron chi connectivity index (χ2n) is 6.22. The number of nitrogens with one attached hydrogen (secondary N) is 1. The number of aromatic nitrogens is 1. The first kappa shape index (κ1) is 17.9. The Kier molecular flexibility index (Phi) is 5.46. The quantitative estimate of drug-likeness (QED) is 0.701. The molecule has 1 N–H and O–H groups in total. The third-order valence-corrected chi connectivity index (χ3v) is 4.54. The summed E-state index contributed by atoms with van der Waals surface area (Å²) in [5.41, 5.74) is 2.04. The summed E-state index contributed by atoms with van der Waals surface area (Å²) in [7, 11) is 3.24. The molecule has 0 aliphatic heterocycles. The summed E-state index contributed by atoms with van der Waals surface area (Å²) >= 11 is 0. The van der Waals surface area contributed by atoms with Crippen LogP contribution < -0.4 is 14.8 Å². The fourth-order valence-corrected chi connectivity index (χ4v) is 3.13. The lowest BCUT2D eigenvalue weighted by molar-refractivity contribution is -0.121. The number of hydrogen-bond acceptors (Lipinski definition) is 3. The number of fused-ring (bicyclic) bond motifs is 1. The summed E-state index contributed by atoms with van der Waals surface area (Å²) < 4.78 is 12.8. The van der Waals surface area contributed by atoms with Gasteiger partial charge in [-0.1, -0.05) is 18.2 Å². The van der Waals surface area contributed by atoms with Crippen molar-refractivity contribution in [1.82, 2.24) is 9.88 Å². The molecule has 3 rings (SSSR count). The number of rotatable bonds is 7. The zero-order chi connectivity index (χ0) is 18.5. The van der Waals surface area contributed by atoms with Crippen LogP contribution >= 0.6 is 0 Å². The smallest absolute Gasteiger partial charge is 0.222 e. The normalized spacial score (nSPS) is 12.0. The molecule has 5 nitrogen and oxygen atoms in total. The van der Waals surface area contributed by atoms with Crippen LogP contribution in [0.3, 0.4) is 0 Å². The maximum Gasteiger partial charge on any atom is 0.222 e. The summed E-state index contributed by atoms with van der Waals surface area (Å²) in [6.07, 6.45) is 2.43. The van der Waals surface area contributed by atoms with E-state index in [9.17, 15) is 4.79 Å². The molecule has 0 aliphatic carbocycles. The molecule has 5 heteroatoms. The van der Waals surface area contributed by atoms with Crippen molar-refractivity contribution >= 4 is 16.8 Å². The molecule has 0 saturated heterocycles. The van der Waals surface area contributed by atoms with Crippen molar-refractivity contribution in [1.29, 1.82) is 0 Å². The van der Waals surface area contributed by atoms with E-state index in [1.165, 1.54) is 5.39 Å². The second-order valence-corrected chi connectivity index (χ2v) is 6.22. The maximum absolute atomic E-state index is 12.4. The number of amides is 1. The van der Waals surface area contributed by atoms with Gasteiger partial charge in [-0.05, 0) is 42.6 Å². The molecule has 0 bridgehead atoms. The number of nitrogens with zero attached hydrogens (tertiary/aromatic N) is 1. The van der Waals surface area contributed by atoms with E-state index in [0.717, 1.165) is 22.6 Å². The van der Waals surface area contributed by atoms with Crippen LogP contribution in [-0.2, 0) is 11.3 Å². The third kappa shape index (κ3) is 3.82. The number of carbonyl (C=O) groups excluding carboxylic acids is 1. The SMILES string of the molecule is COc1ccc(OC)c(C(C)NC(=O)CCn2ccc3ccccc32)c1. The topological polar surface area (TPSA) is 52.5 Å². The van der Waals surface area contributed by atoms with Crippen LogP contribution in [-0.4, -0.2) is 24.7 Å². The Labute approximate surface area is 153 Å². The minimum absolute atomic E-state index is 0.000143. The van der Waals surface area contributed by atoms with E-state index >= 15 is 0 Å². The number of benzene rings is 2. The van der Waals surface area contributed by atoms with E-state index in [0.29, 0.717) is 13.0 Å². The van der Waals surface area contributed by atoms with Gasteiger partial charge in [0.15, 0.2) is 0 Å². The van der Waals surface area contributed by atoms with Crippen LogP contribution in [0.15, 0.2) is 54.7 Å². The third-order valence-electron chi connectivity index (χ3n) is 4.54. The van der Waals surface area contributed by atoms with Gasteiger partial charge < -0.3 is 19.4 Å². The number of carbonyl (C=O) groups is 1. The molecule has 0 saturated carbocycles. The lowest BCUT2D eigenvalue weighted by atomic mass is 10.1. The van der Waals surface area contributed by atoms with Crippen LogP contribution in [0.5, 0.6) is 11.5 Å². The molecule has 0 radical (unpaired) electrons. The van der Waals surface area contributed by atoms with E-state index in [-0.39, 0.29) is 11.9 Å². The van der Waals surface area contributed by atoms with Crippen molar-refractivity contribution in [2.24, 2.45) is 0 Å². The summed E-state index contributed by atoms with van der Waals surface area (Å²) in [5.74, 6) is 1.47. The van der Waals surface area contributed by atoms with Gasteiger partial charge in [-0.3, -0.25) is 4.79 Å². The summed E-state index contributed by atoms with van der Waals surface area (Å²) in [4.78, 5) is 12.4. The van der Waals surface area contributed by atoms with Gasteiger partial charge in [-0.2, -0.15) is 0 Å². The van der Waals surface area contributed by atoms with E-state index in [2.05, 4.69) is 28.1 Å². The highest BCUT2D eigenvalue weighted by Crippen LogP contribution is 2.29. The summed E-state index contributed by atoms with van der Waals surface area (Å²) in [6.45, 7) is 2.58. The highest BCUT2D eigenvalue weighted by atomic mass is 16.5. The summed E-state index contributed by atoms with van der Waals surface area (Å²) in [6, 6.07) is 15.6. The molecule has 0 aliphatic rings. The Morgan fingerprint density at radius 1 is 1.12 bits per heavy atom. The van der Waals surface area contributed by atoms with Gasteiger partial charge in [0.05, 0.1) is 20.3 Å². The van der Waals surface area contributed by atoms with E-state index in [1.54, 1.807) is 14.2 Å². The van der Waals surface area contributed by atoms with E-state index in [4.69, 9.17) is 9.47 Å². The molecule has 136 valence electrons. The lowest BCUT2D eigenvalue weighted by Gasteiger charge is -2.18. The monoisotopic (exact) mass is 352 g/mol. The predicted molar refractivity (Wildman–Crippen MR) is 103 cm³/mol.